The Morgan fingerprint density at radius 1 is 1.27 bits per heavy atom. The molecule has 0 N–H and O–H groups in total. The predicted octanol–water partition coefficient (Wildman–Crippen LogP) is 4.43. The zero-order valence-corrected chi connectivity index (χ0v) is 14.4. The summed E-state index contributed by atoms with van der Waals surface area (Å²) in [5, 5.41) is 0.625. The van der Waals surface area contributed by atoms with Crippen molar-refractivity contribution in [3.63, 3.8) is 0 Å². The first-order valence-electron chi connectivity index (χ1n) is 7.65. The van der Waals surface area contributed by atoms with E-state index in [1.165, 1.54) is 0 Å². The largest absolute Gasteiger partial charge is 0.489 e. The maximum Gasteiger partial charge on any atom is 0.410 e. The van der Waals surface area contributed by atoms with Crippen molar-refractivity contribution in [1.82, 2.24) is 4.90 Å². The fourth-order valence-corrected chi connectivity index (χ4v) is 2.53. The summed E-state index contributed by atoms with van der Waals surface area (Å²) in [4.78, 5) is 13.8. The Morgan fingerprint density at radius 3 is 2.50 bits per heavy atom. The monoisotopic (exact) mass is 325 g/mol. The molecule has 1 saturated heterocycles. The van der Waals surface area contributed by atoms with Crippen LogP contribution in [-0.4, -0.2) is 35.8 Å². The van der Waals surface area contributed by atoms with E-state index in [2.05, 4.69) is 0 Å². The summed E-state index contributed by atoms with van der Waals surface area (Å²) in [7, 11) is 0. The van der Waals surface area contributed by atoms with Crippen molar-refractivity contribution in [2.24, 2.45) is 0 Å². The van der Waals surface area contributed by atoms with Crippen molar-refractivity contribution in [2.75, 3.05) is 13.1 Å². The lowest BCUT2D eigenvalue weighted by Gasteiger charge is -2.33. The molecule has 1 amide bonds. The van der Waals surface area contributed by atoms with Gasteiger partial charge < -0.3 is 14.4 Å². The highest BCUT2D eigenvalue weighted by atomic mass is 35.5. The number of rotatable bonds is 2. The van der Waals surface area contributed by atoms with Gasteiger partial charge in [0.2, 0.25) is 0 Å². The predicted molar refractivity (Wildman–Crippen MR) is 87.6 cm³/mol. The first-order chi connectivity index (χ1) is 10.2. The van der Waals surface area contributed by atoms with Crippen LogP contribution in [0.2, 0.25) is 5.02 Å². The molecular weight excluding hydrogens is 302 g/mol. The van der Waals surface area contributed by atoms with Crippen LogP contribution in [0.5, 0.6) is 5.75 Å². The second-order valence-electron chi connectivity index (χ2n) is 6.72. The average molecular weight is 326 g/mol. The van der Waals surface area contributed by atoms with Crippen LogP contribution in [0.1, 0.15) is 39.2 Å². The minimum atomic E-state index is -0.459. The van der Waals surface area contributed by atoms with E-state index in [9.17, 15) is 4.79 Å². The van der Waals surface area contributed by atoms with Gasteiger partial charge in [-0.15, -0.1) is 0 Å². The number of nitrogens with zero attached hydrogens (tertiary/aromatic N) is 1. The van der Waals surface area contributed by atoms with Crippen molar-refractivity contribution in [1.29, 1.82) is 0 Å². The number of benzene rings is 1. The Kier molecular flexibility index (Phi) is 5.22. The first kappa shape index (κ1) is 16.9. The van der Waals surface area contributed by atoms with E-state index in [1.807, 2.05) is 45.9 Å². The fourth-order valence-electron chi connectivity index (χ4n) is 2.36. The van der Waals surface area contributed by atoms with Crippen molar-refractivity contribution >= 4 is 17.7 Å². The van der Waals surface area contributed by atoms with Crippen molar-refractivity contribution < 1.29 is 14.3 Å². The summed E-state index contributed by atoms with van der Waals surface area (Å²) in [6, 6.07) is 5.75. The molecule has 0 unspecified atom stereocenters. The second kappa shape index (κ2) is 6.78. The van der Waals surface area contributed by atoms with Crippen LogP contribution in [-0.2, 0) is 4.74 Å². The Balaban J connectivity index is 1.87. The molecule has 4 nitrogen and oxygen atoms in total. The molecule has 122 valence electrons. The highest BCUT2D eigenvalue weighted by Gasteiger charge is 2.27. The summed E-state index contributed by atoms with van der Waals surface area (Å²) in [5.41, 5.74) is 0.657. The number of hydrogen-bond donors (Lipinski definition) is 0. The number of halogens is 1. The van der Waals surface area contributed by atoms with Crippen LogP contribution in [0.15, 0.2) is 18.2 Å². The first-order valence-corrected chi connectivity index (χ1v) is 8.03. The van der Waals surface area contributed by atoms with E-state index in [0.717, 1.165) is 24.2 Å². The van der Waals surface area contributed by atoms with Crippen molar-refractivity contribution in [3.05, 3.63) is 28.8 Å². The Morgan fingerprint density at radius 2 is 1.91 bits per heavy atom. The van der Waals surface area contributed by atoms with Gasteiger partial charge in [-0.1, -0.05) is 17.7 Å². The molecule has 1 heterocycles. The molecule has 2 rings (SSSR count). The molecule has 1 aliphatic heterocycles. The molecule has 0 aliphatic carbocycles. The lowest BCUT2D eigenvalue weighted by Crippen LogP contribution is -2.44. The van der Waals surface area contributed by atoms with Gasteiger partial charge in [-0.2, -0.15) is 0 Å². The molecule has 0 saturated carbocycles. The zero-order valence-electron chi connectivity index (χ0n) is 13.7. The minimum Gasteiger partial charge on any atom is -0.489 e. The number of hydrogen-bond acceptors (Lipinski definition) is 3. The van der Waals surface area contributed by atoms with Crippen LogP contribution >= 0.6 is 11.6 Å². The van der Waals surface area contributed by atoms with Gasteiger partial charge in [0.25, 0.3) is 0 Å². The van der Waals surface area contributed by atoms with Gasteiger partial charge in [-0.05, 0) is 45.4 Å². The second-order valence-corrected chi connectivity index (χ2v) is 7.13. The molecule has 1 aromatic carbocycles. The lowest BCUT2D eigenvalue weighted by atomic mass is 10.1. The van der Waals surface area contributed by atoms with Crippen LogP contribution in [0.25, 0.3) is 0 Å². The number of amides is 1. The van der Waals surface area contributed by atoms with Crippen LogP contribution in [0.4, 0.5) is 4.79 Å². The minimum absolute atomic E-state index is 0.0815. The van der Waals surface area contributed by atoms with Gasteiger partial charge in [-0.25, -0.2) is 4.79 Å². The van der Waals surface area contributed by atoms with E-state index in [0.29, 0.717) is 18.1 Å². The van der Waals surface area contributed by atoms with Gasteiger partial charge in [0.1, 0.15) is 17.5 Å². The third kappa shape index (κ3) is 4.80. The number of likely N-dealkylation sites (tertiary alicyclic amines) is 1. The third-order valence-electron chi connectivity index (χ3n) is 3.47. The van der Waals surface area contributed by atoms with Crippen LogP contribution in [0, 0.1) is 6.92 Å². The summed E-state index contributed by atoms with van der Waals surface area (Å²) in [5.74, 6) is 0.720. The smallest absolute Gasteiger partial charge is 0.410 e. The fraction of sp³-hybridized carbons (Fsp3) is 0.588. The van der Waals surface area contributed by atoms with E-state index in [1.54, 1.807) is 4.90 Å². The highest BCUT2D eigenvalue weighted by molar-refractivity contribution is 6.32. The Bertz CT molecular complexity index is 531. The van der Waals surface area contributed by atoms with E-state index < -0.39 is 5.60 Å². The summed E-state index contributed by atoms with van der Waals surface area (Å²) in [6.45, 7) is 8.92. The van der Waals surface area contributed by atoms with Crippen molar-refractivity contribution in [3.8, 4) is 5.75 Å². The number of carbonyl (C=O) groups is 1. The molecule has 0 radical (unpaired) electrons. The highest BCUT2D eigenvalue weighted by Crippen LogP contribution is 2.28. The summed E-state index contributed by atoms with van der Waals surface area (Å²) in [6.07, 6.45) is 1.39. The van der Waals surface area contributed by atoms with Crippen LogP contribution in [0.3, 0.4) is 0 Å². The van der Waals surface area contributed by atoms with Gasteiger partial charge in [0.15, 0.2) is 0 Å². The van der Waals surface area contributed by atoms with E-state index in [-0.39, 0.29) is 12.2 Å². The molecule has 0 aromatic heterocycles. The summed E-state index contributed by atoms with van der Waals surface area (Å²) >= 11 is 6.16. The molecule has 0 bridgehead atoms. The molecule has 1 aliphatic rings. The third-order valence-corrected chi connectivity index (χ3v) is 3.79. The lowest BCUT2D eigenvalue weighted by molar-refractivity contribution is 0.0126. The van der Waals surface area contributed by atoms with Gasteiger partial charge in [-0.3, -0.25) is 0 Å². The number of aryl methyl sites for hydroxylation is 1. The van der Waals surface area contributed by atoms with Crippen molar-refractivity contribution in [2.45, 2.75) is 52.2 Å². The molecule has 0 spiro atoms. The topological polar surface area (TPSA) is 38.8 Å². The standard InChI is InChI=1S/C17H24ClNO3/c1-12-5-6-14(18)15(11-12)21-13-7-9-19(10-8-13)16(20)22-17(2,3)4/h5-6,11,13H,7-10H2,1-4H3. The van der Waals surface area contributed by atoms with Gasteiger partial charge >= 0.3 is 6.09 Å². The Hall–Kier alpha value is -1.42. The quantitative estimate of drug-likeness (QED) is 0.807. The molecule has 22 heavy (non-hydrogen) atoms. The van der Waals surface area contributed by atoms with E-state index >= 15 is 0 Å². The zero-order chi connectivity index (χ0) is 16.3. The number of ether oxygens (including phenoxy) is 2. The molecule has 5 heteroatoms. The Labute approximate surface area is 137 Å². The molecular formula is C17H24ClNO3. The number of piperidine rings is 1. The van der Waals surface area contributed by atoms with Gasteiger partial charge in [0, 0.05) is 25.9 Å². The van der Waals surface area contributed by atoms with Crippen LogP contribution < -0.4 is 4.74 Å². The number of carbonyl (C=O) groups excluding carboxylic acids is 1. The SMILES string of the molecule is Cc1ccc(Cl)c(OC2CCN(C(=O)OC(C)(C)C)CC2)c1. The normalized spacial score (nSPS) is 16.5. The maximum atomic E-state index is 12.0. The molecule has 1 aromatic rings. The average Bonchev–Trinajstić information content (AvgIpc) is 2.42. The van der Waals surface area contributed by atoms with E-state index in [4.69, 9.17) is 21.1 Å². The summed E-state index contributed by atoms with van der Waals surface area (Å²) < 4.78 is 11.4. The maximum absolute atomic E-state index is 12.0. The molecule has 1 fully saturated rings. The molecule has 0 atom stereocenters. The van der Waals surface area contributed by atoms with Gasteiger partial charge in [0.05, 0.1) is 5.02 Å².